The van der Waals surface area contributed by atoms with Crippen LogP contribution in [0.5, 0.6) is 0 Å². The van der Waals surface area contributed by atoms with Crippen molar-refractivity contribution in [1.29, 1.82) is 0 Å². The summed E-state index contributed by atoms with van der Waals surface area (Å²) >= 11 is 0. The second kappa shape index (κ2) is 7.70. The van der Waals surface area contributed by atoms with Gasteiger partial charge in [0, 0.05) is 31.1 Å². The fraction of sp³-hybridized carbons (Fsp3) is 0.500. The molecule has 3 atom stereocenters. The van der Waals surface area contributed by atoms with Gasteiger partial charge in [0.1, 0.15) is 11.6 Å². The number of rotatable bonds is 3. The molecule has 2 amide bonds. The van der Waals surface area contributed by atoms with Crippen LogP contribution in [0.4, 0.5) is 0 Å². The van der Waals surface area contributed by atoms with Crippen molar-refractivity contribution in [3.8, 4) is 0 Å². The van der Waals surface area contributed by atoms with E-state index in [0.717, 1.165) is 18.2 Å². The SMILES string of the molecule is C[C@H]1OCCN[C@@H]1C(=O)N1CCCC(NC(=O)c2cc3ccccc3o2)C1. The summed E-state index contributed by atoms with van der Waals surface area (Å²) in [6, 6.07) is 8.90. The van der Waals surface area contributed by atoms with E-state index in [0.29, 0.717) is 37.6 Å². The summed E-state index contributed by atoms with van der Waals surface area (Å²) in [7, 11) is 0. The molecule has 1 aromatic carbocycles. The summed E-state index contributed by atoms with van der Waals surface area (Å²) in [6.45, 7) is 4.44. The van der Waals surface area contributed by atoms with Crippen LogP contribution in [-0.4, -0.2) is 61.1 Å². The van der Waals surface area contributed by atoms with Gasteiger partial charge in [0.2, 0.25) is 5.91 Å². The molecule has 7 nitrogen and oxygen atoms in total. The van der Waals surface area contributed by atoms with Crippen molar-refractivity contribution in [2.24, 2.45) is 0 Å². The summed E-state index contributed by atoms with van der Waals surface area (Å²) in [4.78, 5) is 27.2. The number of ether oxygens (including phenoxy) is 1. The van der Waals surface area contributed by atoms with Gasteiger partial charge in [0.25, 0.3) is 5.91 Å². The summed E-state index contributed by atoms with van der Waals surface area (Å²) in [5.74, 6) is 0.110. The van der Waals surface area contributed by atoms with Crippen molar-refractivity contribution in [1.82, 2.24) is 15.5 Å². The van der Waals surface area contributed by atoms with E-state index in [4.69, 9.17) is 9.15 Å². The maximum absolute atomic E-state index is 12.8. The molecule has 0 aliphatic carbocycles. The van der Waals surface area contributed by atoms with Gasteiger partial charge in [-0.05, 0) is 31.9 Å². The zero-order valence-corrected chi connectivity index (χ0v) is 15.4. The number of hydrogen-bond acceptors (Lipinski definition) is 5. The summed E-state index contributed by atoms with van der Waals surface area (Å²) in [6.07, 6.45) is 1.57. The van der Waals surface area contributed by atoms with E-state index in [1.807, 2.05) is 36.1 Å². The predicted octanol–water partition coefficient (Wildman–Crippen LogP) is 1.53. The highest BCUT2D eigenvalue weighted by molar-refractivity contribution is 5.96. The van der Waals surface area contributed by atoms with E-state index in [1.165, 1.54) is 0 Å². The van der Waals surface area contributed by atoms with Gasteiger partial charge in [-0.2, -0.15) is 0 Å². The van der Waals surface area contributed by atoms with E-state index in [-0.39, 0.29) is 30.0 Å². The third kappa shape index (κ3) is 3.84. The van der Waals surface area contributed by atoms with Gasteiger partial charge in [0.05, 0.1) is 12.7 Å². The molecule has 1 aromatic heterocycles. The molecule has 2 aliphatic heterocycles. The maximum atomic E-state index is 12.8. The zero-order chi connectivity index (χ0) is 18.8. The van der Waals surface area contributed by atoms with Gasteiger partial charge in [-0.3, -0.25) is 9.59 Å². The van der Waals surface area contributed by atoms with Gasteiger partial charge >= 0.3 is 0 Å². The molecule has 2 N–H and O–H groups in total. The van der Waals surface area contributed by atoms with E-state index in [9.17, 15) is 9.59 Å². The summed E-state index contributed by atoms with van der Waals surface area (Å²) in [5.41, 5.74) is 0.695. The smallest absolute Gasteiger partial charge is 0.287 e. The molecule has 2 fully saturated rings. The van der Waals surface area contributed by atoms with E-state index >= 15 is 0 Å². The minimum atomic E-state index is -0.316. The number of nitrogens with one attached hydrogen (secondary N) is 2. The number of amides is 2. The lowest BCUT2D eigenvalue weighted by Crippen LogP contribution is -2.59. The first-order valence-corrected chi connectivity index (χ1v) is 9.55. The fourth-order valence-electron chi connectivity index (χ4n) is 3.85. The molecule has 4 rings (SSSR count). The van der Waals surface area contributed by atoms with Gasteiger partial charge in [-0.1, -0.05) is 18.2 Å². The van der Waals surface area contributed by atoms with Crippen LogP contribution in [0.2, 0.25) is 0 Å². The molecule has 27 heavy (non-hydrogen) atoms. The van der Waals surface area contributed by atoms with Crippen LogP contribution in [0, 0.1) is 0 Å². The molecule has 2 aliphatic rings. The lowest BCUT2D eigenvalue weighted by molar-refractivity contribution is -0.140. The van der Waals surface area contributed by atoms with Crippen LogP contribution in [0.3, 0.4) is 0 Å². The molecule has 0 spiro atoms. The molecule has 0 saturated carbocycles. The Bertz CT molecular complexity index is 800. The van der Waals surface area contributed by atoms with Crippen molar-refractivity contribution >= 4 is 22.8 Å². The van der Waals surface area contributed by atoms with Crippen LogP contribution < -0.4 is 10.6 Å². The van der Waals surface area contributed by atoms with Crippen molar-refractivity contribution in [3.63, 3.8) is 0 Å². The fourth-order valence-corrected chi connectivity index (χ4v) is 3.85. The number of furan rings is 1. The Morgan fingerprint density at radius 3 is 2.96 bits per heavy atom. The Balaban J connectivity index is 1.39. The lowest BCUT2D eigenvalue weighted by atomic mass is 10.0. The van der Waals surface area contributed by atoms with E-state index < -0.39 is 0 Å². The molecular weight excluding hydrogens is 346 g/mol. The Labute approximate surface area is 158 Å². The number of likely N-dealkylation sites (tertiary alicyclic amines) is 1. The highest BCUT2D eigenvalue weighted by Crippen LogP contribution is 2.20. The number of carbonyl (C=O) groups is 2. The molecule has 2 saturated heterocycles. The Morgan fingerprint density at radius 2 is 2.15 bits per heavy atom. The first-order chi connectivity index (χ1) is 13.1. The molecule has 2 aromatic rings. The van der Waals surface area contributed by atoms with Crippen LogP contribution in [-0.2, 0) is 9.53 Å². The second-order valence-electron chi connectivity index (χ2n) is 7.25. The first-order valence-electron chi connectivity index (χ1n) is 9.55. The third-order valence-electron chi connectivity index (χ3n) is 5.30. The normalized spacial score (nSPS) is 26.1. The van der Waals surface area contributed by atoms with Gasteiger partial charge in [-0.25, -0.2) is 0 Å². The van der Waals surface area contributed by atoms with Crippen molar-refractivity contribution in [2.45, 2.75) is 38.0 Å². The monoisotopic (exact) mass is 371 g/mol. The molecule has 3 heterocycles. The zero-order valence-electron chi connectivity index (χ0n) is 15.4. The van der Waals surface area contributed by atoms with Crippen LogP contribution in [0.25, 0.3) is 11.0 Å². The number of para-hydroxylation sites is 1. The summed E-state index contributed by atoms with van der Waals surface area (Å²) < 4.78 is 11.2. The average Bonchev–Trinajstić information content (AvgIpc) is 3.12. The third-order valence-corrected chi connectivity index (χ3v) is 5.30. The molecule has 7 heteroatoms. The second-order valence-corrected chi connectivity index (χ2v) is 7.25. The Hall–Kier alpha value is -2.38. The minimum Gasteiger partial charge on any atom is -0.451 e. The number of nitrogens with zero attached hydrogens (tertiary/aromatic N) is 1. The lowest BCUT2D eigenvalue weighted by Gasteiger charge is -2.38. The largest absolute Gasteiger partial charge is 0.451 e. The van der Waals surface area contributed by atoms with Gasteiger partial charge in [0.15, 0.2) is 5.76 Å². The molecule has 0 radical (unpaired) electrons. The Kier molecular flexibility index (Phi) is 5.13. The molecule has 144 valence electrons. The van der Waals surface area contributed by atoms with Crippen LogP contribution >= 0.6 is 0 Å². The quantitative estimate of drug-likeness (QED) is 0.855. The number of benzene rings is 1. The van der Waals surface area contributed by atoms with E-state index in [1.54, 1.807) is 6.07 Å². The topological polar surface area (TPSA) is 83.8 Å². The highest BCUT2D eigenvalue weighted by Gasteiger charge is 2.34. The maximum Gasteiger partial charge on any atom is 0.287 e. The Morgan fingerprint density at radius 1 is 1.30 bits per heavy atom. The van der Waals surface area contributed by atoms with Crippen LogP contribution in [0.15, 0.2) is 34.7 Å². The highest BCUT2D eigenvalue weighted by atomic mass is 16.5. The molecule has 1 unspecified atom stereocenters. The number of hydrogen-bond donors (Lipinski definition) is 2. The number of piperidine rings is 1. The standard InChI is InChI=1S/C20H25N3O4/c1-13-18(21-8-10-26-13)20(25)23-9-4-6-15(12-23)22-19(24)17-11-14-5-2-3-7-16(14)27-17/h2-3,5,7,11,13,15,18,21H,4,6,8-10,12H2,1H3,(H,22,24)/t13-,15?,18+/m1/s1. The van der Waals surface area contributed by atoms with Crippen molar-refractivity contribution in [2.75, 3.05) is 26.2 Å². The van der Waals surface area contributed by atoms with Gasteiger partial charge < -0.3 is 24.7 Å². The van der Waals surface area contributed by atoms with Crippen molar-refractivity contribution < 1.29 is 18.7 Å². The predicted molar refractivity (Wildman–Crippen MR) is 100 cm³/mol. The van der Waals surface area contributed by atoms with Crippen LogP contribution in [0.1, 0.15) is 30.3 Å². The first kappa shape index (κ1) is 18.0. The van der Waals surface area contributed by atoms with E-state index in [2.05, 4.69) is 10.6 Å². The molecular formula is C20H25N3O4. The number of fused-ring (bicyclic) bond motifs is 1. The average molecular weight is 371 g/mol. The molecule has 0 bridgehead atoms. The van der Waals surface area contributed by atoms with Gasteiger partial charge in [-0.15, -0.1) is 0 Å². The number of morpholine rings is 1. The summed E-state index contributed by atoms with van der Waals surface area (Å²) in [5, 5.41) is 7.16. The number of carbonyl (C=O) groups excluding carboxylic acids is 2. The van der Waals surface area contributed by atoms with Crippen molar-refractivity contribution in [3.05, 3.63) is 36.1 Å². The minimum absolute atomic E-state index is 0.0462.